The number of nitrogens with zero attached hydrogens (tertiary/aromatic N) is 1. The first-order valence-electron chi connectivity index (χ1n) is 6.62. The van der Waals surface area contributed by atoms with Crippen LogP contribution in [-0.4, -0.2) is 4.98 Å². The Labute approximate surface area is 118 Å². The highest BCUT2D eigenvalue weighted by atomic mass is 15.0. The van der Waals surface area contributed by atoms with Crippen molar-refractivity contribution in [3.05, 3.63) is 59.8 Å². The summed E-state index contributed by atoms with van der Waals surface area (Å²) in [6.45, 7) is 4.09. The lowest BCUT2D eigenvalue weighted by atomic mass is 10.1. The maximum Gasteiger partial charge on any atom is 0.138 e. The lowest BCUT2D eigenvalue weighted by Gasteiger charge is -2.11. The van der Waals surface area contributed by atoms with Crippen LogP contribution in [0.5, 0.6) is 0 Å². The van der Waals surface area contributed by atoms with E-state index in [0.717, 1.165) is 33.5 Å². The Bertz CT molecular complexity index is 761. The number of pyridine rings is 1. The van der Waals surface area contributed by atoms with Gasteiger partial charge in [0.2, 0.25) is 0 Å². The lowest BCUT2D eigenvalue weighted by molar-refractivity contribution is 1.33. The zero-order valence-electron chi connectivity index (χ0n) is 11.6. The van der Waals surface area contributed by atoms with Crippen molar-refractivity contribution in [2.75, 3.05) is 11.1 Å². The summed E-state index contributed by atoms with van der Waals surface area (Å²) in [6.07, 6.45) is 1.79. The van der Waals surface area contributed by atoms with Crippen LogP contribution in [0.15, 0.2) is 48.7 Å². The van der Waals surface area contributed by atoms with E-state index in [1.807, 2.05) is 31.2 Å². The molecule has 0 radical (unpaired) electrons. The van der Waals surface area contributed by atoms with Gasteiger partial charge in [-0.1, -0.05) is 29.8 Å². The summed E-state index contributed by atoms with van der Waals surface area (Å²) in [6, 6.07) is 14.3. The van der Waals surface area contributed by atoms with Crippen LogP contribution in [0.25, 0.3) is 10.8 Å². The second kappa shape index (κ2) is 4.85. The average molecular weight is 263 g/mol. The van der Waals surface area contributed by atoms with Gasteiger partial charge in [0.15, 0.2) is 0 Å². The summed E-state index contributed by atoms with van der Waals surface area (Å²) >= 11 is 0. The molecule has 0 unspecified atom stereocenters. The van der Waals surface area contributed by atoms with Crippen LogP contribution in [0.2, 0.25) is 0 Å². The lowest BCUT2D eigenvalue weighted by Crippen LogP contribution is -1.97. The summed E-state index contributed by atoms with van der Waals surface area (Å²) < 4.78 is 0. The van der Waals surface area contributed by atoms with Gasteiger partial charge in [-0.25, -0.2) is 4.98 Å². The molecule has 0 spiro atoms. The maximum atomic E-state index is 6.14. The fourth-order valence-electron chi connectivity index (χ4n) is 2.26. The molecule has 3 nitrogen and oxygen atoms in total. The number of nitrogens with one attached hydrogen (secondary N) is 1. The third-order valence-electron chi connectivity index (χ3n) is 3.52. The number of anilines is 3. The molecule has 0 saturated carbocycles. The molecule has 3 rings (SSSR count). The normalized spacial score (nSPS) is 10.7. The average Bonchev–Trinajstić information content (AvgIpc) is 2.46. The van der Waals surface area contributed by atoms with E-state index >= 15 is 0 Å². The van der Waals surface area contributed by atoms with Gasteiger partial charge in [-0.15, -0.1) is 0 Å². The Morgan fingerprint density at radius 1 is 0.900 bits per heavy atom. The summed E-state index contributed by atoms with van der Waals surface area (Å²) in [5.41, 5.74) is 10.3. The van der Waals surface area contributed by atoms with E-state index in [0.29, 0.717) is 0 Å². The number of aromatic nitrogens is 1. The first kappa shape index (κ1) is 12.5. The van der Waals surface area contributed by atoms with Gasteiger partial charge in [0.25, 0.3) is 0 Å². The zero-order valence-corrected chi connectivity index (χ0v) is 11.6. The smallest absolute Gasteiger partial charge is 0.138 e. The van der Waals surface area contributed by atoms with Gasteiger partial charge < -0.3 is 11.1 Å². The van der Waals surface area contributed by atoms with E-state index in [2.05, 4.69) is 35.4 Å². The Kier molecular flexibility index (Phi) is 3.03. The maximum absolute atomic E-state index is 6.14. The Morgan fingerprint density at radius 3 is 2.40 bits per heavy atom. The monoisotopic (exact) mass is 263 g/mol. The highest BCUT2D eigenvalue weighted by Crippen LogP contribution is 2.29. The minimum atomic E-state index is 0.817. The van der Waals surface area contributed by atoms with Crippen LogP contribution in [0.4, 0.5) is 17.2 Å². The molecule has 3 heteroatoms. The molecule has 20 heavy (non-hydrogen) atoms. The van der Waals surface area contributed by atoms with Gasteiger partial charge in [-0.05, 0) is 37.6 Å². The predicted octanol–water partition coefficient (Wildman–Crippen LogP) is 4.18. The van der Waals surface area contributed by atoms with Crippen LogP contribution < -0.4 is 11.1 Å². The third-order valence-corrected chi connectivity index (χ3v) is 3.52. The molecule has 0 aliphatic carbocycles. The van der Waals surface area contributed by atoms with Crippen molar-refractivity contribution >= 4 is 28.0 Å². The van der Waals surface area contributed by atoms with Crippen molar-refractivity contribution in [1.29, 1.82) is 0 Å². The van der Waals surface area contributed by atoms with Crippen molar-refractivity contribution in [2.45, 2.75) is 13.8 Å². The zero-order chi connectivity index (χ0) is 14.1. The van der Waals surface area contributed by atoms with Gasteiger partial charge in [-0.3, -0.25) is 0 Å². The molecule has 3 N–H and O–H groups in total. The second-order valence-electron chi connectivity index (χ2n) is 5.04. The minimum Gasteiger partial charge on any atom is -0.398 e. The quantitative estimate of drug-likeness (QED) is 0.682. The summed E-state index contributed by atoms with van der Waals surface area (Å²) in [7, 11) is 0. The van der Waals surface area contributed by atoms with E-state index in [1.165, 1.54) is 5.56 Å². The molecular weight excluding hydrogens is 246 g/mol. The molecule has 0 fully saturated rings. The molecule has 0 aliphatic rings. The van der Waals surface area contributed by atoms with Crippen molar-refractivity contribution in [1.82, 2.24) is 4.98 Å². The summed E-state index contributed by atoms with van der Waals surface area (Å²) in [5.74, 6) is 0.832. The molecule has 0 atom stereocenters. The second-order valence-corrected chi connectivity index (χ2v) is 5.04. The fourth-order valence-corrected chi connectivity index (χ4v) is 2.26. The first-order chi connectivity index (χ1) is 9.65. The van der Waals surface area contributed by atoms with E-state index in [-0.39, 0.29) is 0 Å². The van der Waals surface area contributed by atoms with Gasteiger partial charge in [0.05, 0.1) is 0 Å². The van der Waals surface area contributed by atoms with Crippen molar-refractivity contribution < 1.29 is 0 Å². The van der Waals surface area contributed by atoms with Gasteiger partial charge in [0, 0.05) is 28.3 Å². The third kappa shape index (κ3) is 2.18. The molecule has 1 heterocycles. The minimum absolute atomic E-state index is 0.817. The van der Waals surface area contributed by atoms with Gasteiger partial charge >= 0.3 is 0 Å². The van der Waals surface area contributed by atoms with Crippen molar-refractivity contribution in [3.8, 4) is 0 Å². The fraction of sp³-hybridized carbons (Fsp3) is 0.118. The molecule has 100 valence electrons. The Hall–Kier alpha value is -2.55. The Balaban J connectivity index is 2.08. The topological polar surface area (TPSA) is 50.9 Å². The number of rotatable bonds is 2. The van der Waals surface area contributed by atoms with Crippen LogP contribution in [0.1, 0.15) is 11.1 Å². The highest BCUT2D eigenvalue weighted by Gasteiger charge is 2.06. The van der Waals surface area contributed by atoms with Gasteiger partial charge in [-0.2, -0.15) is 0 Å². The largest absolute Gasteiger partial charge is 0.398 e. The van der Waals surface area contributed by atoms with Crippen LogP contribution in [-0.2, 0) is 0 Å². The first-order valence-corrected chi connectivity index (χ1v) is 6.62. The van der Waals surface area contributed by atoms with Crippen LogP contribution in [0, 0.1) is 13.8 Å². The number of benzene rings is 2. The number of hydrogen-bond donors (Lipinski definition) is 2. The molecule has 2 aromatic carbocycles. The number of nitrogen functional groups attached to an aromatic ring is 1. The number of aryl methyl sites for hydroxylation is 2. The molecule has 3 aromatic rings. The highest BCUT2D eigenvalue weighted by molar-refractivity contribution is 6.01. The number of fused-ring (bicyclic) bond motifs is 1. The van der Waals surface area contributed by atoms with E-state index in [4.69, 9.17) is 5.73 Å². The van der Waals surface area contributed by atoms with Crippen molar-refractivity contribution in [3.63, 3.8) is 0 Å². The predicted molar refractivity (Wildman–Crippen MR) is 85.4 cm³/mol. The molecule has 0 saturated heterocycles. The van der Waals surface area contributed by atoms with Crippen LogP contribution >= 0.6 is 0 Å². The van der Waals surface area contributed by atoms with Crippen LogP contribution in [0.3, 0.4) is 0 Å². The molecule has 0 bridgehead atoms. The molecule has 0 amide bonds. The van der Waals surface area contributed by atoms with E-state index in [1.54, 1.807) is 6.20 Å². The SMILES string of the molecule is Cc1ccc(Nc2nccc3c(N)c(C)ccc23)cc1. The van der Waals surface area contributed by atoms with Crippen molar-refractivity contribution in [2.24, 2.45) is 0 Å². The summed E-state index contributed by atoms with van der Waals surface area (Å²) in [4.78, 5) is 4.43. The van der Waals surface area contributed by atoms with E-state index < -0.39 is 0 Å². The standard InChI is InChI=1S/C17H17N3/c1-11-3-6-13(7-4-11)20-17-15-8-5-12(2)16(18)14(15)9-10-19-17/h3-10H,18H2,1-2H3,(H,19,20). The van der Waals surface area contributed by atoms with E-state index in [9.17, 15) is 0 Å². The molecule has 1 aromatic heterocycles. The number of nitrogens with two attached hydrogens (primary N) is 1. The number of hydrogen-bond acceptors (Lipinski definition) is 3. The molecular formula is C17H17N3. The summed E-state index contributed by atoms with van der Waals surface area (Å²) in [5, 5.41) is 5.43. The Morgan fingerprint density at radius 2 is 1.65 bits per heavy atom. The van der Waals surface area contributed by atoms with Gasteiger partial charge in [0.1, 0.15) is 5.82 Å². The molecule has 0 aliphatic heterocycles.